The van der Waals surface area contributed by atoms with Crippen molar-refractivity contribution in [2.75, 3.05) is 12.3 Å². The van der Waals surface area contributed by atoms with Gasteiger partial charge in [-0.25, -0.2) is 4.98 Å². The van der Waals surface area contributed by atoms with Gasteiger partial charge in [0.15, 0.2) is 5.16 Å². The van der Waals surface area contributed by atoms with E-state index in [1.54, 1.807) is 0 Å². The van der Waals surface area contributed by atoms with E-state index in [0.717, 1.165) is 35.6 Å². The van der Waals surface area contributed by atoms with Crippen LogP contribution in [0.4, 0.5) is 0 Å². The van der Waals surface area contributed by atoms with E-state index in [9.17, 15) is 4.79 Å². The van der Waals surface area contributed by atoms with E-state index >= 15 is 0 Å². The summed E-state index contributed by atoms with van der Waals surface area (Å²) in [5, 5.41) is 0.911. The van der Waals surface area contributed by atoms with Crippen LogP contribution >= 0.6 is 11.8 Å². The molecule has 1 saturated heterocycles. The summed E-state index contributed by atoms with van der Waals surface area (Å²) in [6.45, 7) is 3.06. The Morgan fingerprint density at radius 1 is 1.38 bits per heavy atom. The molecule has 0 saturated carbocycles. The van der Waals surface area contributed by atoms with E-state index in [1.807, 2.05) is 30.1 Å². The maximum atomic E-state index is 12.4. The van der Waals surface area contributed by atoms with Crippen molar-refractivity contribution in [3.05, 3.63) is 24.3 Å². The molecule has 112 valence electrons. The first-order valence-electron chi connectivity index (χ1n) is 7.50. The molecular formula is C16H21N3OS. The normalized spacial score (nSPS) is 19.1. The Bertz CT molecular complexity index is 652. The molecule has 0 N–H and O–H groups in total. The Balaban J connectivity index is 1.68. The zero-order chi connectivity index (χ0) is 14.8. The highest BCUT2D eigenvalue weighted by atomic mass is 32.2. The van der Waals surface area contributed by atoms with Crippen LogP contribution < -0.4 is 0 Å². The van der Waals surface area contributed by atoms with Gasteiger partial charge in [0, 0.05) is 19.6 Å². The number of para-hydroxylation sites is 2. The van der Waals surface area contributed by atoms with Crippen LogP contribution in [-0.2, 0) is 11.8 Å². The van der Waals surface area contributed by atoms with E-state index in [-0.39, 0.29) is 5.91 Å². The van der Waals surface area contributed by atoms with Gasteiger partial charge in [-0.3, -0.25) is 4.79 Å². The average molecular weight is 303 g/mol. The summed E-state index contributed by atoms with van der Waals surface area (Å²) < 4.78 is 2.06. The fourth-order valence-corrected chi connectivity index (χ4v) is 3.80. The summed E-state index contributed by atoms with van der Waals surface area (Å²) in [5.41, 5.74) is 2.10. The number of fused-ring (bicyclic) bond motifs is 1. The third kappa shape index (κ3) is 2.93. The van der Waals surface area contributed by atoms with E-state index in [0.29, 0.717) is 11.8 Å². The second kappa shape index (κ2) is 6.10. The lowest BCUT2D eigenvalue weighted by atomic mass is 10.0. The summed E-state index contributed by atoms with van der Waals surface area (Å²) >= 11 is 1.54. The van der Waals surface area contributed by atoms with Gasteiger partial charge in [0.1, 0.15) is 0 Å². The van der Waals surface area contributed by atoms with E-state index in [4.69, 9.17) is 0 Å². The van der Waals surface area contributed by atoms with Gasteiger partial charge in [-0.15, -0.1) is 0 Å². The quantitative estimate of drug-likeness (QED) is 0.818. The molecule has 4 nitrogen and oxygen atoms in total. The first-order valence-corrected chi connectivity index (χ1v) is 8.49. The number of carbonyl (C=O) groups excluding carboxylic acids is 1. The summed E-state index contributed by atoms with van der Waals surface area (Å²) in [4.78, 5) is 19.0. The molecule has 0 radical (unpaired) electrons. The Kier molecular flexibility index (Phi) is 4.19. The molecular weight excluding hydrogens is 282 g/mol. The third-order valence-electron chi connectivity index (χ3n) is 4.19. The number of hydrogen-bond donors (Lipinski definition) is 0. The largest absolute Gasteiger partial charge is 0.339 e. The molecule has 1 unspecified atom stereocenters. The maximum absolute atomic E-state index is 12.4. The number of likely N-dealkylation sites (tertiary alicyclic amines) is 1. The topological polar surface area (TPSA) is 38.1 Å². The second-order valence-electron chi connectivity index (χ2n) is 5.66. The standard InChI is InChI=1S/C16H21N3OS/c1-12-7-5-6-10-19(12)15(20)11-21-16-17-13-8-3-4-9-14(13)18(16)2/h3-4,8-9,12H,5-7,10-11H2,1-2H3. The number of carbonyl (C=O) groups is 1. The van der Waals surface area contributed by atoms with Gasteiger partial charge in [-0.1, -0.05) is 23.9 Å². The van der Waals surface area contributed by atoms with Gasteiger partial charge in [0.2, 0.25) is 5.91 Å². The third-order valence-corrected chi connectivity index (χ3v) is 5.21. The highest BCUT2D eigenvalue weighted by Gasteiger charge is 2.23. The van der Waals surface area contributed by atoms with E-state index in [1.165, 1.54) is 18.2 Å². The molecule has 1 fully saturated rings. The van der Waals surface area contributed by atoms with Crippen molar-refractivity contribution in [2.45, 2.75) is 37.4 Å². The van der Waals surface area contributed by atoms with Gasteiger partial charge < -0.3 is 9.47 Å². The molecule has 1 aromatic heterocycles. The molecule has 1 atom stereocenters. The van der Waals surface area contributed by atoms with Crippen molar-refractivity contribution >= 4 is 28.7 Å². The first-order chi connectivity index (χ1) is 10.2. The number of amides is 1. The lowest BCUT2D eigenvalue weighted by molar-refractivity contribution is -0.131. The number of rotatable bonds is 3. The van der Waals surface area contributed by atoms with Crippen LogP contribution in [0.15, 0.2) is 29.4 Å². The summed E-state index contributed by atoms with van der Waals surface area (Å²) in [6, 6.07) is 8.45. The molecule has 0 bridgehead atoms. The molecule has 1 aliphatic heterocycles. The fraction of sp³-hybridized carbons (Fsp3) is 0.500. The predicted octanol–water partition coefficient (Wildman–Crippen LogP) is 3.07. The van der Waals surface area contributed by atoms with Crippen LogP contribution in [0, 0.1) is 0 Å². The van der Waals surface area contributed by atoms with Crippen LogP contribution in [0.5, 0.6) is 0 Å². The van der Waals surface area contributed by atoms with Crippen LogP contribution in [0.25, 0.3) is 11.0 Å². The Labute approximate surface area is 129 Å². The molecule has 5 heteroatoms. The number of aromatic nitrogens is 2. The Morgan fingerprint density at radius 3 is 2.95 bits per heavy atom. The van der Waals surface area contributed by atoms with Gasteiger partial charge in [-0.2, -0.15) is 0 Å². The van der Waals surface area contributed by atoms with Crippen LogP contribution in [0.2, 0.25) is 0 Å². The number of benzene rings is 1. The number of imidazole rings is 1. The zero-order valence-corrected chi connectivity index (χ0v) is 13.4. The van der Waals surface area contributed by atoms with Crippen molar-refractivity contribution < 1.29 is 4.79 Å². The van der Waals surface area contributed by atoms with Crippen LogP contribution in [-0.4, -0.2) is 38.7 Å². The molecule has 0 spiro atoms. The molecule has 21 heavy (non-hydrogen) atoms. The highest BCUT2D eigenvalue weighted by Crippen LogP contribution is 2.24. The summed E-state index contributed by atoms with van der Waals surface area (Å²) in [7, 11) is 2.01. The maximum Gasteiger partial charge on any atom is 0.233 e. The van der Waals surface area contributed by atoms with Gasteiger partial charge in [0.25, 0.3) is 0 Å². The van der Waals surface area contributed by atoms with E-state index < -0.39 is 0 Å². The minimum Gasteiger partial charge on any atom is -0.339 e. The molecule has 1 amide bonds. The van der Waals surface area contributed by atoms with Crippen molar-refractivity contribution in [1.82, 2.24) is 14.5 Å². The van der Waals surface area contributed by atoms with Gasteiger partial charge in [0.05, 0.1) is 16.8 Å². The van der Waals surface area contributed by atoms with Gasteiger partial charge >= 0.3 is 0 Å². The molecule has 0 aliphatic carbocycles. The molecule has 3 rings (SSSR count). The van der Waals surface area contributed by atoms with E-state index in [2.05, 4.69) is 22.5 Å². The number of nitrogens with zero attached hydrogens (tertiary/aromatic N) is 3. The molecule has 2 aromatic rings. The van der Waals surface area contributed by atoms with Gasteiger partial charge in [-0.05, 0) is 38.3 Å². The minimum absolute atomic E-state index is 0.235. The number of piperidine rings is 1. The smallest absolute Gasteiger partial charge is 0.233 e. The summed E-state index contributed by atoms with van der Waals surface area (Å²) in [6.07, 6.45) is 3.50. The summed E-state index contributed by atoms with van der Waals surface area (Å²) in [5.74, 6) is 0.709. The van der Waals surface area contributed by atoms with Crippen molar-refractivity contribution in [2.24, 2.45) is 7.05 Å². The lowest BCUT2D eigenvalue weighted by Gasteiger charge is -2.33. The number of hydrogen-bond acceptors (Lipinski definition) is 3. The zero-order valence-electron chi connectivity index (χ0n) is 12.6. The van der Waals surface area contributed by atoms with Crippen molar-refractivity contribution in [3.63, 3.8) is 0 Å². The monoisotopic (exact) mass is 303 g/mol. The van der Waals surface area contributed by atoms with Crippen LogP contribution in [0.1, 0.15) is 26.2 Å². The molecule has 2 heterocycles. The van der Waals surface area contributed by atoms with Crippen molar-refractivity contribution in [3.8, 4) is 0 Å². The number of aryl methyl sites for hydroxylation is 1. The minimum atomic E-state index is 0.235. The number of thioether (sulfide) groups is 1. The SMILES string of the molecule is CC1CCCCN1C(=O)CSc1nc2ccccc2n1C. The highest BCUT2D eigenvalue weighted by molar-refractivity contribution is 7.99. The Morgan fingerprint density at radius 2 is 2.19 bits per heavy atom. The van der Waals surface area contributed by atoms with Crippen molar-refractivity contribution in [1.29, 1.82) is 0 Å². The van der Waals surface area contributed by atoms with Crippen LogP contribution in [0.3, 0.4) is 0 Å². The second-order valence-corrected chi connectivity index (χ2v) is 6.61. The Hall–Kier alpha value is -1.49. The molecule has 1 aromatic carbocycles. The first kappa shape index (κ1) is 14.4. The fourth-order valence-electron chi connectivity index (χ4n) is 2.93. The lowest BCUT2D eigenvalue weighted by Crippen LogP contribution is -2.42. The average Bonchev–Trinajstić information content (AvgIpc) is 2.82. The predicted molar refractivity (Wildman–Crippen MR) is 86.5 cm³/mol. The molecule has 1 aliphatic rings.